The van der Waals surface area contributed by atoms with Crippen molar-refractivity contribution in [2.24, 2.45) is 0 Å². The quantitative estimate of drug-likeness (QED) is 0.469. The van der Waals surface area contributed by atoms with Gasteiger partial charge in [0, 0.05) is 32.4 Å². The standard InChI is InChI=1S/C31H34N6O3/c1-6-7-22-18-21(12-13-32-22)24-9-10-26(28-25(24)20-37(29(28)38)30(39)40-31(2,3)4)34-27-11-8-23(19-33-27)36-16-14-35(5)15-17-36/h8-13,18-19H,14-17,20H2,1-5H3,(H,33,34). The predicted molar refractivity (Wildman–Crippen MR) is 156 cm³/mol. The molecule has 5 rings (SSSR count). The van der Waals surface area contributed by atoms with Gasteiger partial charge in [0.25, 0.3) is 5.91 Å². The van der Waals surface area contributed by atoms with Crippen molar-refractivity contribution in [1.29, 1.82) is 0 Å². The van der Waals surface area contributed by atoms with Crippen LogP contribution < -0.4 is 10.2 Å². The van der Waals surface area contributed by atoms with E-state index in [4.69, 9.17) is 4.74 Å². The van der Waals surface area contributed by atoms with Crippen LogP contribution in [0.2, 0.25) is 0 Å². The summed E-state index contributed by atoms with van der Waals surface area (Å²) in [6, 6.07) is 11.5. The van der Waals surface area contributed by atoms with E-state index in [1.165, 1.54) is 0 Å². The highest BCUT2D eigenvalue weighted by Crippen LogP contribution is 2.38. The van der Waals surface area contributed by atoms with E-state index in [0.717, 1.165) is 53.5 Å². The number of carbonyl (C=O) groups excluding carboxylic acids is 2. The highest BCUT2D eigenvalue weighted by atomic mass is 16.6. The second kappa shape index (κ2) is 11.0. The van der Waals surface area contributed by atoms with Crippen molar-refractivity contribution in [3.8, 4) is 23.0 Å². The summed E-state index contributed by atoms with van der Waals surface area (Å²) in [6.45, 7) is 11.1. The number of ether oxygens (including phenoxy) is 1. The summed E-state index contributed by atoms with van der Waals surface area (Å²) in [4.78, 5) is 41.4. The summed E-state index contributed by atoms with van der Waals surface area (Å²) in [5.74, 6) is 6.05. The number of pyridine rings is 2. The molecule has 9 nitrogen and oxygen atoms in total. The van der Waals surface area contributed by atoms with Crippen LogP contribution in [0.5, 0.6) is 0 Å². The fourth-order valence-corrected chi connectivity index (χ4v) is 4.90. The number of likely N-dealkylation sites (N-methyl/N-ethyl adjacent to an activating group) is 1. The summed E-state index contributed by atoms with van der Waals surface area (Å²) in [5.41, 5.74) is 4.40. The molecule has 4 heterocycles. The van der Waals surface area contributed by atoms with Crippen LogP contribution in [0.4, 0.5) is 22.0 Å². The van der Waals surface area contributed by atoms with Crippen molar-refractivity contribution in [3.63, 3.8) is 0 Å². The number of nitrogens with zero attached hydrogens (tertiary/aromatic N) is 5. The van der Waals surface area contributed by atoms with Crippen LogP contribution in [-0.4, -0.2) is 70.6 Å². The molecule has 206 valence electrons. The van der Waals surface area contributed by atoms with Gasteiger partial charge >= 0.3 is 6.09 Å². The Morgan fingerprint density at radius 1 is 1.05 bits per heavy atom. The van der Waals surface area contributed by atoms with Gasteiger partial charge in [-0.15, -0.1) is 0 Å². The molecule has 2 aromatic heterocycles. The number of piperazine rings is 1. The molecule has 2 aliphatic rings. The maximum Gasteiger partial charge on any atom is 0.417 e. The van der Waals surface area contributed by atoms with Crippen molar-refractivity contribution >= 4 is 29.2 Å². The van der Waals surface area contributed by atoms with Crippen LogP contribution in [-0.2, 0) is 11.3 Å². The zero-order valence-corrected chi connectivity index (χ0v) is 23.6. The Bertz CT molecular complexity index is 1490. The number of hydrogen-bond donors (Lipinski definition) is 1. The summed E-state index contributed by atoms with van der Waals surface area (Å²) in [5, 5.41) is 3.32. The third-order valence-corrected chi connectivity index (χ3v) is 6.91. The minimum Gasteiger partial charge on any atom is -0.443 e. The molecular formula is C31H34N6O3. The lowest BCUT2D eigenvalue weighted by Gasteiger charge is -2.33. The summed E-state index contributed by atoms with van der Waals surface area (Å²) in [7, 11) is 2.13. The minimum absolute atomic E-state index is 0.0980. The Morgan fingerprint density at radius 2 is 1.82 bits per heavy atom. The molecule has 40 heavy (non-hydrogen) atoms. The number of amides is 2. The molecule has 2 amide bonds. The summed E-state index contributed by atoms with van der Waals surface area (Å²) >= 11 is 0. The number of benzene rings is 1. The van der Waals surface area contributed by atoms with E-state index in [0.29, 0.717) is 22.8 Å². The van der Waals surface area contributed by atoms with Crippen LogP contribution in [0.1, 0.15) is 49.3 Å². The normalized spacial score (nSPS) is 15.4. The zero-order valence-electron chi connectivity index (χ0n) is 23.6. The van der Waals surface area contributed by atoms with E-state index in [1.54, 1.807) is 33.9 Å². The third-order valence-electron chi connectivity index (χ3n) is 6.91. The molecule has 1 saturated heterocycles. The van der Waals surface area contributed by atoms with Gasteiger partial charge in [0.2, 0.25) is 0 Å². The van der Waals surface area contributed by atoms with E-state index < -0.39 is 17.6 Å². The Balaban J connectivity index is 1.48. The third kappa shape index (κ3) is 5.77. The van der Waals surface area contributed by atoms with Gasteiger partial charge in [-0.05, 0) is 87.7 Å². The molecule has 3 aromatic rings. The number of fused-ring (bicyclic) bond motifs is 1. The van der Waals surface area contributed by atoms with Gasteiger partial charge in [0.1, 0.15) is 17.1 Å². The molecule has 0 saturated carbocycles. The van der Waals surface area contributed by atoms with Gasteiger partial charge in [-0.2, -0.15) is 0 Å². The van der Waals surface area contributed by atoms with Gasteiger partial charge in [0.15, 0.2) is 0 Å². The maximum atomic E-state index is 13.7. The molecule has 2 aliphatic heterocycles. The predicted octanol–water partition coefficient (Wildman–Crippen LogP) is 4.90. The Kier molecular flexibility index (Phi) is 7.46. The van der Waals surface area contributed by atoms with Crippen LogP contribution in [0.15, 0.2) is 48.8 Å². The summed E-state index contributed by atoms with van der Waals surface area (Å²) < 4.78 is 5.55. The van der Waals surface area contributed by atoms with E-state index in [2.05, 4.69) is 44.0 Å². The fourth-order valence-electron chi connectivity index (χ4n) is 4.90. The lowest BCUT2D eigenvalue weighted by Crippen LogP contribution is -2.44. The number of hydrogen-bond acceptors (Lipinski definition) is 8. The van der Waals surface area contributed by atoms with E-state index in [1.807, 2.05) is 42.6 Å². The molecule has 1 N–H and O–H groups in total. The molecule has 0 spiro atoms. The number of imide groups is 1. The average molecular weight is 539 g/mol. The first-order chi connectivity index (χ1) is 19.1. The molecule has 0 aliphatic carbocycles. The SMILES string of the molecule is CC#Cc1cc(-c2ccc(Nc3ccc(N4CCN(C)CC4)cn3)c3c2CN(C(=O)OC(C)(C)C)C3=O)ccn1. The number of rotatable bonds is 4. The van der Waals surface area contributed by atoms with Gasteiger partial charge in [-0.25, -0.2) is 19.7 Å². The first-order valence-corrected chi connectivity index (χ1v) is 13.4. The average Bonchev–Trinajstić information content (AvgIpc) is 3.27. The molecule has 9 heteroatoms. The van der Waals surface area contributed by atoms with Crippen molar-refractivity contribution in [2.75, 3.05) is 43.4 Å². The summed E-state index contributed by atoms with van der Waals surface area (Å²) in [6.07, 6.45) is 2.87. The second-order valence-corrected chi connectivity index (χ2v) is 11.0. The smallest absolute Gasteiger partial charge is 0.417 e. The number of anilines is 3. The van der Waals surface area contributed by atoms with Gasteiger partial charge < -0.3 is 19.9 Å². The van der Waals surface area contributed by atoms with Crippen molar-refractivity contribution in [2.45, 2.75) is 39.8 Å². The van der Waals surface area contributed by atoms with Crippen molar-refractivity contribution in [3.05, 3.63) is 65.6 Å². The van der Waals surface area contributed by atoms with Crippen LogP contribution in [0.3, 0.4) is 0 Å². The van der Waals surface area contributed by atoms with Gasteiger partial charge in [0.05, 0.1) is 29.7 Å². The lowest BCUT2D eigenvalue weighted by molar-refractivity contribution is 0.0248. The largest absolute Gasteiger partial charge is 0.443 e. The number of nitrogens with one attached hydrogen (secondary N) is 1. The molecule has 1 fully saturated rings. The highest BCUT2D eigenvalue weighted by molar-refractivity contribution is 6.11. The van der Waals surface area contributed by atoms with Crippen LogP contribution in [0.25, 0.3) is 11.1 Å². The Morgan fingerprint density at radius 3 is 2.50 bits per heavy atom. The van der Waals surface area contributed by atoms with Crippen molar-refractivity contribution in [1.82, 2.24) is 19.8 Å². The highest BCUT2D eigenvalue weighted by Gasteiger charge is 2.38. The van der Waals surface area contributed by atoms with E-state index in [9.17, 15) is 9.59 Å². The first kappa shape index (κ1) is 27.2. The van der Waals surface area contributed by atoms with Crippen molar-refractivity contribution < 1.29 is 14.3 Å². The Labute approximate surface area is 235 Å². The molecule has 1 aromatic carbocycles. The minimum atomic E-state index is -0.732. The first-order valence-electron chi connectivity index (χ1n) is 13.4. The molecule has 0 unspecified atom stereocenters. The van der Waals surface area contributed by atoms with E-state index in [-0.39, 0.29) is 6.54 Å². The van der Waals surface area contributed by atoms with E-state index >= 15 is 0 Å². The van der Waals surface area contributed by atoms with Gasteiger partial charge in [-0.3, -0.25) is 4.79 Å². The molecular weight excluding hydrogens is 504 g/mol. The number of aromatic nitrogens is 2. The lowest BCUT2D eigenvalue weighted by atomic mass is 9.95. The monoisotopic (exact) mass is 538 g/mol. The maximum absolute atomic E-state index is 13.7. The van der Waals surface area contributed by atoms with Gasteiger partial charge in [-0.1, -0.05) is 12.0 Å². The molecule has 0 bridgehead atoms. The number of carbonyl (C=O) groups is 2. The topological polar surface area (TPSA) is 90.9 Å². The second-order valence-electron chi connectivity index (χ2n) is 11.0. The Hall–Kier alpha value is -4.42. The van der Waals surface area contributed by atoms with Crippen LogP contribution in [0, 0.1) is 11.8 Å². The molecule has 0 radical (unpaired) electrons. The fraction of sp³-hybridized carbons (Fsp3) is 0.355. The zero-order chi connectivity index (χ0) is 28.4. The van der Waals surface area contributed by atoms with Crippen LogP contribution >= 0.6 is 0 Å². The molecule has 0 atom stereocenters.